The Morgan fingerprint density at radius 2 is 1.63 bits per heavy atom. The van der Waals surface area contributed by atoms with Crippen LogP contribution in [0.15, 0.2) is 48.7 Å². The van der Waals surface area contributed by atoms with Crippen LogP contribution in [0.3, 0.4) is 0 Å². The highest BCUT2D eigenvalue weighted by Crippen LogP contribution is 2.26. The lowest BCUT2D eigenvalue weighted by Gasteiger charge is -2.09. The first-order valence-electron chi connectivity index (χ1n) is 5.83. The molecule has 0 atom stereocenters. The molecule has 0 amide bonds. The van der Waals surface area contributed by atoms with E-state index in [4.69, 9.17) is 11.6 Å². The van der Waals surface area contributed by atoms with Gasteiger partial charge in [-0.15, -0.1) is 0 Å². The number of benzene rings is 2. The van der Waals surface area contributed by atoms with Crippen LogP contribution in [0, 0.1) is 11.6 Å². The van der Waals surface area contributed by atoms with Gasteiger partial charge in [0, 0.05) is 17.1 Å². The molecule has 3 aromatic rings. The second kappa shape index (κ2) is 4.67. The molecule has 96 valence electrons. The predicted octanol–water partition coefficient (Wildman–Crippen LogP) is 4.62. The van der Waals surface area contributed by atoms with Gasteiger partial charge >= 0.3 is 0 Å². The van der Waals surface area contributed by atoms with Crippen LogP contribution in [-0.4, -0.2) is 4.57 Å². The summed E-state index contributed by atoms with van der Waals surface area (Å²) in [6.07, 6.45) is 1.78. The number of para-hydroxylation sites is 1. The standard InChI is InChI=1S/C15H10ClF2N/c16-12-4-1-3-10-7-8-19(15(10)12)9-11-13(17)5-2-6-14(11)18/h1-8H,9H2. The minimum Gasteiger partial charge on any atom is -0.342 e. The van der Waals surface area contributed by atoms with E-state index in [-0.39, 0.29) is 12.1 Å². The lowest BCUT2D eigenvalue weighted by atomic mass is 10.2. The second-order valence-corrected chi connectivity index (χ2v) is 4.73. The van der Waals surface area contributed by atoms with Crippen molar-refractivity contribution >= 4 is 22.5 Å². The van der Waals surface area contributed by atoms with E-state index in [1.54, 1.807) is 16.8 Å². The van der Waals surface area contributed by atoms with Gasteiger partial charge in [0.2, 0.25) is 0 Å². The monoisotopic (exact) mass is 277 g/mol. The summed E-state index contributed by atoms with van der Waals surface area (Å²) in [5.74, 6) is -1.09. The van der Waals surface area contributed by atoms with Crippen LogP contribution in [0.1, 0.15) is 5.56 Å². The molecule has 1 nitrogen and oxygen atoms in total. The van der Waals surface area contributed by atoms with Crippen LogP contribution in [0.5, 0.6) is 0 Å². The van der Waals surface area contributed by atoms with Crippen LogP contribution < -0.4 is 0 Å². The lowest BCUT2D eigenvalue weighted by Crippen LogP contribution is -2.03. The summed E-state index contributed by atoms with van der Waals surface area (Å²) in [4.78, 5) is 0. The van der Waals surface area contributed by atoms with Gasteiger partial charge in [0.05, 0.1) is 17.1 Å². The molecule has 1 heterocycles. The van der Waals surface area contributed by atoms with E-state index in [0.717, 1.165) is 10.9 Å². The minimum absolute atomic E-state index is 0.0416. The van der Waals surface area contributed by atoms with Crippen molar-refractivity contribution in [3.8, 4) is 0 Å². The van der Waals surface area contributed by atoms with E-state index in [1.165, 1.54) is 18.2 Å². The topological polar surface area (TPSA) is 4.93 Å². The van der Waals surface area contributed by atoms with E-state index >= 15 is 0 Å². The largest absolute Gasteiger partial charge is 0.342 e. The van der Waals surface area contributed by atoms with Crippen molar-refractivity contribution in [2.75, 3.05) is 0 Å². The molecule has 0 aliphatic heterocycles. The fourth-order valence-electron chi connectivity index (χ4n) is 2.20. The van der Waals surface area contributed by atoms with Gasteiger partial charge in [-0.3, -0.25) is 0 Å². The van der Waals surface area contributed by atoms with E-state index in [0.29, 0.717) is 5.02 Å². The zero-order valence-electron chi connectivity index (χ0n) is 9.91. The van der Waals surface area contributed by atoms with E-state index in [1.807, 2.05) is 18.2 Å². The molecule has 0 spiro atoms. The number of hydrogen-bond acceptors (Lipinski definition) is 0. The first kappa shape index (κ1) is 12.2. The smallest absolute Gasteiger partial charge is 0.131 e. The van der Waals surface area contributed by atoms with Gasteiger partial charge in [-0.25, -0.2) is 8.78 Å². The summed E-state index contributed by atoms with van der Waals surface area (Å²) in [5.41, 5.74) is 0.826. The molecule has 0 bridgehead atoms. The molecule has 4 heteroatoms. The number of halogens is 3. The highest BCUT2D eigenvalue weighted by Gasteiger charge is 2.11. The molecule has 3 rings (SSSR count). The van der Waals surface area contributed by atoms with Crippen molar-refractivity contribution in [1.82, 2.24) is 4.57 Å². The predicted molar refractivity (Wildman–Crippen MR) is 72.4 cm³/mol. The Balaban J connectivity index is 2.12. The number of nitrogens with zero attached hydrogens (tertiary/aromatic N) is 1. The molecule has 0 saturated heterocycles. The van der Waals surface area contributed by atoms with Crippen molar-refractivity contribution in [3.05, 3.63) is 70.9 Å². The summed E-state index contributed by atoms with van der Waals surface area (Å²) in [5, 5.41) is 1.52. The van der Waals surface area contributed by atoms with Crippen LogP contribution in [0.4, 0.5) is 8.78 Å². The number of hydrogen-bond donors (Lipinski definition) is 0. The average molecular weight is 278 g/mol. The molecule has 19 heavy (non-hydrogen) atoms. The normalized spacial score (nSPS) is 11.1. The van der Waals surface area contributed by atoms with Gasteiger partial charge in [0.25, 0.3) is 0 Å². The molecule has 0 saturated carbocycles. The van der Waals surface area contributed by atoms with Crippen molar-refractivity contribution in [2.24, 2.45) is 0 Å². The maximum absolute atomic E-state index is 13.7. The van der Waals surface area contributed by atoms with Crippen molar-refractivity contribution in [2.45, 2.75) is 6.54 Å². The molecule has 0 radical (unpaired) electrons. The molecule has 1 aromatic heterocycles. The van der Waals surface area contributed by atoms with Gasteiger partial charge in [0.15, 0.2) is 0 Å². The maximum atomic E-state index is 13.7. The molecule has 0 fully saturated rings. The summed E-state index contributed by atoms with van der Waals surface area (Å²) in [6, 6.07) is 11.3. The van der Waals surface area contributed by atoms with Crippen LogP contribution in [0.25, 0.3) is 10.9 Å². The second-order valence-electron chi connectivity index (χ2n) is 4.32. The highest BCUT2D eigenvalue weighted by atomic mass is 35.5. The summed E-state index contributed by atoms with van der Waals surface area (Å²) in [7, 11) is 0. The zero-order chi connectivity index (χ0) is 13.4. The SMILES string of the molecule is Fc1cccc(F)c1Cn1ccc2cccc(Cl)c21. The van der Waals surface area contributed by atoms with Crippen molar-refractivity contribution in [3.63, 3.8) is 0 Å². The Bertz CT molecular complexity index is 729. The van der Waals surface area contributed by atoms with Crippen LogP contribution in [-0.2, 0) is 6.54 Å². The molecule has 0 aliphatic carbocycles. The number of aromatic nitrogens is 1. The van der Waals surface area contributed by atoms with Crippen molar-refractivity contribution in [1.29, 1.82) is 0 Å². The van der Waals surface area contributed by atoms with Gasteiger partial charge in [0.1, 0.15) is 11.6 Å². The molecule has 2 aromatic carbocycles. The molecule has 0 aliphatic rings. The summed E-state index contributed by atoms with van der Waals surface area (Å²) in [6.45, 7) is 0.117. The van der Waals surface area contributed by atoms with Gasteiger partial charge in [-0.1, -0.05) is 29.8 Å². The van der Waals surface area contributed by atoms with Gasteiger partial charge < -0.3 is 4.57 Å². The van der Waals surface area contributed by atoms with Crippen molar-refractivity contribution < 1.29 is 8.78 Å². The molecular formula is C15H10ClF2N. The third-order valence-electron chi connectivity index (χ3n) is 3.13. The fraction of sp³-hybridized carbons (Fsp3) is 0.0667. The van der Waals surface area contributed by atoms with E-state index in [9.17, 15) is 8.78 Å². The molecule has 0 unspecified atom stereocenters. The van der Waals surface area contributed by atoms with Crippen LogP contribution in [0.2, 0.25) is 5.02 Å². The molecular weight excluding hydrogens is 268 g/mol. The lowest BCUT2D eigenvalue weighted by molar-refractivity contribution is 0.547. The summed E-state index contributed by atoms with van der Waals surface area (Å²) >= 11 is 6.14. The summed E-state index contributed by atoms with van der Waals surface area (Å²) < 4.78 is 29.1. The number of fused-ring (bicyclic) bond motifs is 1. The van der Waals surface area contributed by atoms with E-state index < -0.39 is 11.6 Å². The Morgan fingerprint density at radius 3 is 2.37 bits per heavy atom. The minimum atomic E-state index is -0.547. The van der Waals surface area contributed by atoms with Crippen LogP contribution >= 0.6 is 11.6 Å². The maximum Gasteiger partial charge on any atom is 0.131 e. The first-order valence-corrected chi connectivity index (χ1v) is 6.21. The third-order valence-corrected chi connectivity index (χ3v) is 3.43. The molecule has 0 N–H and O–H groups in total. The number of rotatable bonds is 2. The first-order chi connectivity index (χ1) is 9.16. The average Bonchev–Trinajstić information content (AvgIpc) is 2.79. The zero-order valence-corrected chi connectivity index (χ0v) is 10.7. The third kappa shape index (κ3) is 2.10. The Hall–Kier alpha value is -1.87. The Kier molecular flexibility index (Phi) is 2.99. The Labute approximate surface area is 114 Å². The Morgan fingerprint density at radius 1 is 0.947 bits per heavy atom. The van der Waals surface area contributed by atoms with E-state index in [2.05, 4.69) is 0 Å². The highest BCUT2D eigenvalue weighted by molar-refractivity contribution is 6.35. The van der Waals surface area contributed by atoms with Gasteiger partial charge in [-0.05, 0) is 24.3 Å². The van der Waals surface area contributed by atoms with Gasteiger partial charge in [-0.2, -0.15) is 0 Å². The quantitative estimate of drug-likeness (QED) is 0.644. The fourth-order valence-corrected chi connectivity index (χ4v) is 2.49.